The largest absolute Gasteiger partial charge is 0.325 e. The lowest BCUT2D eigenvalue weighted by atomic mass is 9.96. The number of anilines is 1. The van der Waals surface area contributed by atoms with Crippen LogP contribution in [0.4, 0.5) is 10.5 Å². The maximum Gasteiger partial charge on any atom is 0.325 e. The van der Waals surface area contributed by atoms with Crippen LogP contribution in [-0.4, -0.2) is 42.6 Å². The van der Waals surface area contributed by atoms with Crippen LogP contribution in [-0.2, 0) is 0 Å². The van der Waals surface area contributed by atoms with Crippen LogP contribution in [0.1, 0.15) is 11.1 Å². The Kier molecular flexibility index (Phi) is 3.59. The highest BCUT2D eigenvalue weighted by molar-refractivity contribution is 6.33. The van der Waals surface area contributed by atoms with Crippen molar-refractivity contribution in [2.75, 3.05) is 31.1 Å². The van der Waals surface area contributed by atoms with Crippen molar-refractivity contribution in [1.29, 1.82) is 5.26 Å². The standard InChI is InChI=1S/C16H17ClN4O/c1-3-16-9-19-6-7-21(16)15(22)20(10-16)13-5-4-12(8-18)14(17)11(13)2/h3-5,19H,1,6-7,9-10H2,2H3/t16-/m0/s1. The van der Waals surface area contributed by atoms with E-state index in [2.05, 4.69) is 18.0 Å². The van der Waals surface area contributed by atoms with Crippen LogP contribution in [0, 0.1) is 18.3 Å². The molecule has 2 aliphatic rings. The summed E-state index contributed by atoms with van der Waals surface area (Å²) in [6, 6.07) is 5.48. The summed E-state index contributed by atoms with van der Waals surface area (Å²) in [5, 5.41) is 12.8. The van der Waals surface area contributed by atoms with Crippen molar-refractivity contribution >= 4 is 23.3 Å². The quantitative estimate of drug-likeness (QED) is 0.852. The average Bonchev–Trinajstić information content (AvgIpc) is 2.84. The number of benzene rings is 1. The molecule has 2 saturated heterocycles. The number of nitriles is 1. The molecule has 1 aromatic rings. The Morgan fingerprint density at radius 1 is 1.55 bits per heavy atom. The smallest absolute Gasteiger partial charge is 0.312 e. The van der Waals surface area contributed by atoms with Gasteiger partial charge in [0.1, 0.15) is 6.07 Å². The first-order valence-corrected chi connectivity index (χ1v) is 7.54. The minimum Gasteiger partial charge on any atom is -0.312 e. The van der Waals surface area contributed by atoms with Gasteiger partial charge in [-0.15, -0.1) is 6.58 Å². The number of nitrogens with zero attached hydrogens (tertiary/aromatic N) is 3. The predicted octanol–water partition coefficient (Wildman–Crippen LogP) is 2.29. The molecule has 1 N–H and O–H groups in total. The number of carbonyl (C=O) groups is 1. The van der Waals surface area contributed by atoms with Crippen molar-refractivity contribution in [1.82, 2.24) is 10.2 Å². The van der Waals surface area contributed by atoms with E-state index in [1.807, 2.05) is 17.9 Å². The van der Waals surface area contributed by atoms with E-state index in [0.717, 1.165) is 17.8 Å². The van der Waals surface area contributed by atoms with Crippen LogP contribution in [0.5, 0.6) is 0 Å². The fourth-order valence-corrected chi connectivity index (χ4v) is 3.42. The summed E-state index contributed by atoms with van der Waals surface area (Å²) >= 11 is 6.24. The number of rotatable bonds is 2. The molecule has 1 aromatic carbocycles. The molecule has 1 atom stereocenters. The third-order valence-electron chi connectivity index (χ3n) is 4.52. The Morgan fingerprint density at radius 3 is 2.95 bits per heavy atom. The molecular weight excluding hydrogens is 300 g/mol. The minimum absolute atomic E-state index is 0.0368. The number of hydrogen-bond acceptors (Lipinski definition) is 3. The van der Waals surface area contributed by atoms with Gasteiger partial charge in [0.25, 0.3) is 0 Å². The van der Waals surface area contributed by atoms with Gasteiger partial charge in [0.05, 0.1) is 28.4 Å². The van der Waals surface area contributed by atoms with Crippen molar-refractivity contribution < 1.29 is 4.79 Å². The molecule has 2 amide bonds. The van der Waals surface area contributed by atoms with E-state index >= 15 is 0 Å². The second-order valence-electron chi connectivity index (χ2n) is 5.69. The normalized spacial score (nSPS) is 24.1. The zero-order valence-corrected chi connectivity index (χ0v) is 13.2. The van der Waals surface area contributed by atoms with Crippen LogP contribution in [0.3, 0.4) is 0 Å². The van der Waals surface area contributed by atoms with Crippen molar-refractivity contribution in [2.45, 2.75) is 12.5 Å². The van der Waals surface area contributed by atoms with E-state index in [0.29, 0.717) is 30.2 Å². The third kappa shape index (κ3) is 1.99. The van der Waals surface area contributed by atoms with Crippen LogP contribution in [0.2, 0.25) is 5.02 Å². The Hall–Kier alpha value is -2.03. The van der Waals surface area contributed by atoms with Crippen LogP contribution >= 0.6 is 11.6 Å². The highest BCUT2D eigenvalue weighted by Gasteiger charge is 2.49. The zero-order valence-electron chi connectivity index (χ0n) is 12.4. The molecule has 0 radical (unpaired) electrons. The molecule has 5 nitrogen and oxygen atoms in total. The molecule has 2 fully saturated rings. The predicted molar refractivity (Wildman–Crippen MR) is 86.1 cm³/mol. The number of urea groups is 1. The number of hydrogen-bond donors (Lipinski definition) is 1. The van der Waals surface area contributed by atoms with Crippen molar-refractivity contribution in [2.24, 2.45) is 0 Å². The monoisotopic (exact) mass is 316 g/mol. The summed E-state index contributed by atoms with van der Waals surface area (Å²) < 4.78 is 0. The molecule has 0 aromatic heterocycles. The van der Waals surface area contributed by atoms with Crippen LogP contribution < -0.4 is 10.2 Å². The van der Waals surface area contributed by atoms with Gasteiger partial charge in [-0.05, 0) is 24.6 Å². The first-order chi connectivity index (χ1) is 10.5. The molecule has 22 heavy (non-hydrogen) atoms. The molecule has 0 saturated carbocycles. The maximum absolute atomic E-state index is 12.8. The maximum atomic E-state index is 12.8. The fourth-order valence-electron chi connectivity index (χ4n) is 3.22. The van der Waals surface area contributed by atoms with Gasteiger partial charge in [-0.1, -0.05) is 17.7 Å². The molecule has 6 heteroatoms. The summed E-state index contributed by atoms with van der Waals surface area (Å²) in [4.78, 5) is 16.4. The molecule has 2 aliphatic heterocycles. The van der Waals surface area contributed by atoms with Crippen LogP contribution in [0.25, 0.3) is 0 Å². The first-order valence-electron chi connectivity index (χ1n) is 7.17. The number of fused-ring (bicyclic) bond motifs is 1. The lowest BCUT2D eigenvalue weighted by molar-refractivity contribution is 0.161. The minimum atomic E-state index is -0.387. The number of halogens is 1. The number of amides is 2. The van der Waals surface area contributed by atoms with E-state index in [9.17, 15) is 4.79 Å². The lowest BCUT2D eigenvalue weighted by Gasteiger charge is -2.38. The summed E-state index contributed by atoms with van der Waals surface area (Å²) in [6.45, 7) is 8.42. The van der Waals surface area contributed by atoms with Crippen molar-refractivity contribution in [3.8, 4) is 6.07 Å². The molecule has 3 rings (SSSR count). The van der Waals surface area contributed by atoms with Gasteiger partial charge in [0.2, 0.25) is 0 Å². The molecule has 114 valence electrons. The summed E-state index contributed by atoms with van der Waals surface area (Å²) in [7, 11) is 0. The number of carbonyl (C=O) groups excluding carboxylic acids is 1. The third-order valence-corrected chi connectivity index (χ3v) is 5.01. The fraction of sp³-hybridized carbons (Fsp3) is 0.375. The Labute approximate surface area is 134 Å². The highest BCUT2D eigenvalue weighted by atomic mass is 35.5. The molecule has 2 heterocycles. The Balaban J connectivity index is 2.04. The van der Waals surface area contributed by atoms with Gasteiger partial charge >= 0.3 is 6.03 Å². The van der Waals surface area contributed by atoms with E-state index in [-0.39, 0.29) is 11.6 Å². The molecule has 0 aliphatic carbocycles. The van der Waals surface area contributed by atoms with Gasteiger partial charge in [0, 0.05) is 19.6 Å². The van der Waals surface area contributed by atoms with Gasteiger partial charge in [0.15, 0.2) is 0 Å². The second kappa shape index (κ2) is 5.31. The molecule has 0 unspecified atom stereocenters. The van der Waals surface area contributed by atoms with E-state index in [1.54, 1.807) is 17.0 Å². The SMILES string of the molecule is C=C[C@@]12CNCCN1C(=O)N(c1ccc(C#N)c(Cl)c1C)C2. The van der Waals surface area contributed by atoms with E-state index in [4.69, 9.17) is 16.9 Å². The first kappa shape index (κ1) is 14.9. The van der Waals surface area contributed by atoms with E-state index < -0.39 is 0 Å². The zero-order chi connectivity index (χ0) is 15.9. The van der Waals surface area contributed by atoms with Crippen molar-refractivity contribution in [3.63, 3.8) is 0 Å². The van der Waals surface area contributed by atoms with Gasteiger partial charge in [-0.3, -0.25) is 4.90 Å². The number of nitrogens with one attached hydrogen (secondary N) is 1. The second-order valence-corrected chi connectivity index (χ2v) is 6.07. The highest BCUT2D eigenvalue weighted by Crippen LogP contribution is 2.37. The molecule has 0 bridgehead atoms. The summed E-state index contributed by atoms with van der Waals surface area (Å²) in [5.74, 6) is 0. The average molecular weight is 317 g/mol. The van der Waals surface area contributed by atoms with Gasteiger partial charge < -0.3 is 10.2 Å². The topological polar surface area (TPSA) is 59.4 Å². The summed E-state index contributed by atoms with van der Waals surface area (Å²) in [6.07, 6.45) is 1.84. The lowest BCUT2D eigenvalue weighted by Crippen LogP contribution is -2.58. The van der Waals surface area contributed by atoms with Gasteiger partial charge in [-0.2, -0.15) is 5.26 Å². The Morgan fingerprint density at radius 2 is 2.32 bits per heavy atom. The van der Waals surface area contributed by atoms with E-state index in [1.165, 1.54) is 0 Å². The molecular formula is C16H17ClN4O. The van der Waals surface area contributed by atoms with Gasteiger partial charge in [-0.25, -0.2) is 4.79 Å². The van der Waals surface area contributed by atoms with Crippen LogP contribution in [0.15, 0.2) is 24.8 Å². The summed E-state index contributed by atoms with van der Waals surface area (Å²) in [5.41, 5.74) is 1.54. The Bertz CT molecular complexity index is 696. The van der Waals surface area contributed by atoms with Crippen molar-refractivity contribution in [3.05, 3.63) is 40.9 Å². The number of piperazine rings is 1. The molecule has 0 spiro atoms.